The molecule has 0 radical (unpaired) electrons. The zero-order valence-electron chi connectivity index (χ0n) is 13.8. The Balaban J connectivity index is 1.65. The van der Waals surface area contributed by atoms with Crippen molar-refractivity contribution >= 4 is 11.9 Å². The number of guanidine groups is 1. The highest BCUT2D eigenvalue weighted by Crippen LogP contribution is 2.17. The van der Waals surface area contributed by atoms with Crippen LogP contribution in [0.15, 0.2) is 4.99 Å². The third-order valence-corrected chi connectivity index (χ3v) is 4.92. The van der Waals surface area contributed by atoms with E-state index in [4.69, 9.17) is 11.5 Å². The van der Waals surface area contributed by atoms with E-state index in [9.17, 15) is 4.79 Å². The smallest absolute Gasteiger partial charge is 0.221 e. The summed E-state index contributed by atoms with van der Waals surface area (Å²) >= 11 is 0. The van der Waals surface area contributed by atoms with Crippen molar-refractivity contribution in [2.75, 3.05) is 39.3 Å². The number of hydrogen-bond donors (Lipinski definition) is 2. The van der Waals surface area contributed by atoms with Crippen molar-refractivity contribution in [3.05, 3.63) is 0 Å². The van der Waals surface area contributed by atoms with Crippen molar-refractivity contribution in [3.8, 4) is 0 Å². The number of primary amides is 1. The molecule has 2 fully saturated rings. The maximum Gasteiger partial charge on any atom is 0.221 e. The lowest BCUT2D eigenvalue weighted by Crippen LogP contribution is -2.43. The summed E-state index contributed by atoms with van der Waals surface area (Å²) in [5.74, 6) is 1.37. The van der Waals surface area contributed by atoms with E-state index >= 15 is 0 Å². The van der Waals surface area contributed by atoms with Crippen molar-refractivity contribution in [2.24, 2.45) is 28.3 Å². The minimum absolute atomic E-state index is 0.0256. The van der Waals surface area contributed by atoms with E-state index in [1.54, 1.807) is 0 Å². The van der Waals surface area contributed by atoms with Gasteiger partial charge in [-0.25, -0.2) is 0 Å². The molecule has 0 aromatic rings. The Kier molecular flexibility index (Phi) is 6.49. The molecule has 1 atom stereocenters. The van der Waals surface area contributed by atoms with Crippen LogP contribution in [0.4, 0.5) is 0 Å². The molecule has 126 valence electrons. The van der Waals surface area contributed by atoms with Crippen molar-refractivity contribution in [1.82, 2.24) is 9.80 Å². The Labute approximate surface area is 133 Å². The van der Waals surface area contributed by atoms with Gasteiger partial charge in [0.1, 0.15) is 0 Å². The average molecular weight is 309 g/mol. The second-order valence-electron chi connectivity index (χ2n) is 6.81. The number of rotatable bonds is 5. The molecule has 0 aromatic carbocycles. The van der Waals surface area contributed by atoms with Gasteiger partial charge in [-0.05, 0) is 51.1 Å². The SMILES string of the molecule is CC1CCN(C(N)=NCCCN2CCCC(C(N)=O)C2)CC1. The van der Waals surface area contributed by atoms with Crippen molar-refractivity contribution in [1.29, 1.82) is 0 Å². The molecular weight excluding hydrogens is 278 g/mol. The van der Waals surface area contributed by atoms with Crippen LogP contribution < -0.4 is 11.5 Å². The number of piperidine rings is 2. The molecule has 1 unspecified atom stereocenters. The standard InChI is InChI=1S/C16H31N5O/c1-13-5-10-21(11-6-13)16(18)19-7-3-9-20-8-2-4-14(12-20)15(17)22/h13-14H,2-12H2,1H3,(H2,17,22)(H2,18,19). The maximum absolute atomic E-state index is 11.3. The molecule has 2 heterocycles. The molecule has 2 aliphatic rings. The van der Waals surface area contributed by atoms with E-state index in [2.05, 4.69) is 21.7 Å². The van der Waals surface area contributed by atoms with E-state index in [1.807, 2.05) is 0 Å². The fourth-order valence-electron chi connectivity index (χ4n) is 3.32. The van der Waals surface area contributed by atoms with Gasteiger partial charge in [-0.2, -0.15) is 0 Å². The highest BCUT2D eigenvalue weighted by molar-refractivity contribution is 5.78. The van der Waals surface area contributed by atoms with Gasteiger partial charge in [-0.3, -0.25) is 9.79 Å². The zero-order valence-corrected chi connectivity index (χ0v) is 13.8. The summed E-state index contributed by atoms with van der Waals surface area (Å²) in [5.41, 5.74) is 11.5. The largest absolute Gasteiger partial charge is 0.370 e. The molecule has 0 aliphatic carbocycles. The first-order valence-electron chi connectivity index (χ1n) is 8.63. The minimum atomic E-state index is -0.161. The Morgan fingerprint density at radius 2 is 1.91 bits per heavy atom. The second-order valence-corrected chi connectivity index (χ2v) is 6.81. The van der Waals surface area contributed by atoms with Gasteiger partial charge in [-0.15, -0.1) is 0 Å². The second kappa shape index (κ2) is 8.36. The number of hydrogen-bond acceptors (Lipinski definition) is 3. The van der Waals surface area contributed by atoms with E-state index in [0.29, 0.717) is 5.96 Å². The van der Waals surface area contributed by atoms with Crippen LogP contribution in [-0.2, 0) is 4.79 Å². The predicted molar refractivity (Wildman–Crippen MR) is 89.4 cm³/mol. The van der Waals surface area contributed by atoms with Crippen molar-refractivity contribution < 1.29 is 4.79 Å². The van der Waals surface area contributed by atoms with E-state index in [-0.39, 0.29) is 11.8 Å². The molecule has 2 saturated heterocycles. The highest BCUT2D eigenvalue weighted by Gasteiger charge is 2.23. The first kappa shape index (κ1) is 17.1. The van der Waals surface area contributed by atoms with Gasteiger partial charge in [-0.1, -0.05) is 6.92 Å². The summed E-state index contributed by atoms with van der Waals surface area (Å²) in [4.78, 5) is 20.3. The van der Waals surface area contributed by atoms with Crippen LogP contribution in [0.2, 0.25) is 0 Å². The van der Waals surface area contributed by atoms with Crippen molar-refractivity contribution in [3.63, 3.8) is 0 Å². The Morgan fingerprint density at radius 3 is 2.59 bits per heavy atom. The molecule has 0 bridgehead atoms. The number of nitrogens with two attached hydrogens (primary N) is 2. The molecule has 6 heteroatoms. The fourth-order valence-corrected chi connectivity index (χ4v) is 3.32. The molecule has 22 heavy (non-hydrogen) atoms. The molecule has 0 saturated carbocycles. The van der Waals surface area contributed by atoms with Crippen LogP contribution in [0.5, 0.6) is 0 Å². The van der Waals surface area contributed by atoms with Gasteiger partial charge in [0, 0.05) is 26.2 Å². The van der Waals surface area contributed by atoms with Crippen molar-refractivity contribution in [2.45, 2.75) is 39.0 Å². The van der Waals surface area contributed by atoms with Gasteiger partial charge in [0.2, 0.25) is 5.91 Å². The van der Waals surface area contributed by atoms with Crippen LogP contribution in [0.1, 0.15) is 39.0 Å². The van der Waals surface area contributed by atoms with Crippen LogP contribution in [-0.4, -0.2) is 60.9 Å². The quantitative estimate of drug-likeness (QED) is 0.443. The van der Waals surface area contributed by atoms with Gasteiger partial charge < -0.3 is 21.3 Å². The maximum atomic E-state index is 11.3. The van der Waals surface area contributed by atoms with Gasteiger partial charge in [0.05, 0.1) is 5.92 Å². The molecule has 1 amide bonds. The third-order valence-electron chi connectivity index (χ3n) is 4.92. The highest BCUT2D eigenvalue weighted by atomic mass is 16.1. The third kappa shape index (κ3) is 5.16. The molecule has 0 spiro atoms. The van der Waals surface area contributed by atoms with Crippen LogP contribution >= 0.6 is 0 Å². The molecule has 0 aromatic heterocycles. The minimum Gasteiger partial charge on any atom is -0.370 e. The molecule has 4 N–H and O–H groups in total. The van der Waals surface area contributed by atoms with E-state index in [0.717, 1.165) is 64.4 Å². The molecule has 2 rings (SSSR count). The molecule has 6 nitrogen and oxygen atoms in total. The lowest BCUT2D eigenvalue weighted by atomic mass is 9.97. The lowest BCUT2D eigenvalue weighted by Gasteiger charge is -2.31. The van der Waals surface area contributed by atoms with E-state index < -0.39 is 0 Å². The van der Waals surface area contributed by atoms with Crippen LogP contribution in [0, 0.1) is 11.8 Å². The fraction of sp³-hybridized carbons (Fsp3) is 0.875. The summed E-state index contributed by atoms with van der Waals surface area (Å²) in [7, 11) is 0. The monoisotopic (exact) mass is 309 g/mol. The summed E-state index contributed by atoms with van der Waals surface area (Å²) in [5, 5.41) is 0. The summed E-state index contributed by atoms with van der Waals surface area (Å²) in [6.45, 7) is 7.95. The normalized spacial score (nSPS) is 25.4. The topological polar surface area (TPSA) is 87.9 Å². The van der Waals surface area contributed by atoms with Gasteiger partial charge >= 0.3 is 0 Å². The van der Waals surface area contributed by atoms with Crippen LogP contribution in [0.3, 0.4) is 0 Å². The van der Waals surface area contributed by atoms with E-state index in [1.165, 1.54) is 12.8 Å². The number of carbonyl (C=O) groups excluding carboxylic acids is 1. The van der Waals surface area contributed by atoms with Gasteiger partial charge in [0.25, 0.3) is 0 Å². The first-order chi connectivity index (χ1) is 10.6. The number of amides is 1. The summed E-state index contributed by atoms with van der Waals surface area (Å²) < 4.78 is 0. The number of likely N-dealkylation sites (tertiary alicyclic amines) is 2. The molecular formula is C16H31N5O. The Hall–Kier alpha value is -1.30. The number of nitrogens with zero attached hydrogens (tertiary/aromatic N) is 3. The lowest BCUT2D eigenvalue weighted by molar-refractivity contribution is -0.123. The summed E-state index contributed by atoms with van der Waals surface area (Å²) in [6, 6.07) is 0. The summed E-state index contributed by atoms with van der Waals surface area (Å²) in [6.07, 6.45) is 5.39. The Morgan fingerprint density at radius 1 is 1.18 bits per heavy atom. The number of aliphatic imine (C=N–C) groups is 1. The number of carbonyl (C=O) groups is 1. The first-order valence-corrected chi connectivity index (χ1v) is 8.63. The molecule has 2 aliphatic heterocycles. The van der Waals surface area contributed by atoms with Crippen LogP contribution in [0.25, 0.3) is 0 Å². The average Bonchev–Trinajstić information content (AvgIpc) is 2.52. The predicted octanol–water partition coefficient (Wildman–Crippen LogP) is 0.620. The van der Waals surface area contributed by atoms with Gasteiger partial charge in [0.15, 0.2) is 5.96 Å². The zero-order chi connectivity index (χ0) is 15.9. The Bertz CT molecular complexity index is 390.